The minimum atomic E-state index is -1.43. The molecule has 8 nitrogen and oxygen atoms in total. The molecule has 0 aromatic heterocycles. The lowest BCUT2D eigenvalue weighted by Gasteiger charge is -2.19. The number of aliphatic hydroxyl groups excluding tert-OH is 1. The van der Waals surface area contributed by atoms with E-state index in [1.54, 1.807) is 18.4 Å². The van der Waals surface area contributed by atoms with Crippen molar-refractivity contribution >= 4 is 29.7 Å². The third-order valence-corrected chi connectivity index (χ3v) is 3.62. The maximum Gasteiger partial charge on any atom is 0.408 e. The van der Waals surface area contributed by atoms with Crippen LogP contribution >= 0.6 is 11.8 Å². The number of alkyl carbamates (subject to hydrolysis) is 1. The largest absolute Gasteiger partial charge is 0.480 e. The van der Waals surface area contributed by atoms with Crippen LogP contribution in [0.5, 0.6) is 0 Å². The number of carboxylic acids is 1. The van der Waals surface area contributed by atoms with Gasteiger partial charge in [0.1, 0.15) is 18.7 Å². The number of benzene rings is 1. The van der Waals surface area contributed by atoms with Crippen molar-refractivity contribution in [1.82, 2.24) is 10.6 Å². The van der Waals surface area contributed by atoms with Crippen molar-refractivity contribution in [3.8, 4) is 0 Å². The van der Waals surface area contributed by atoms with Gasteiger partial charge >= 0.3 is 12.1 Å². The molecule has 0 saturated carbocycles. The highest BCUT2D eigenvalue weighted by Crippen LogP contribution is 2.03. The predicted octanol–water partition coefficient (Wildman–Crippen LogP) is 0.206. The highest BCUT2D eigenvalue weighted by molar-refractivity contribution is 7.98. The molecule has 2 amide bonds. The van der Waals surface area contributed by atoms with Crippen molar-refractivity contribution in [3.63, 3.8) is 0 Å². The number of hydrogen-bond acceptors (Lipinski definition) is 6. The van der Waals surface area contributed by atoms with E-state index in [4.69, 9.17) is 14.9 Å². The minimum Gasteiger partial charge on any atom is -0.480 e. The fourth-order valence-corrected chi connectivity index (χ4v) is 2.28. The van der Waals surface area contributed by atoms with E-state index in [9.17, 15) is 14.4 Å². The summed E-state index contributed by atoms with van der Waals surface area (Å²) in [5.74, 6) is -1.84. The number of nitrogens with one attached hydrogen (secondary N) is 2. The van der Waals surface area contributed by atoms with E-state index in [0.29, 0.717) is 0 Å². The van der Waals surface area contributed by atoms with Gasteiger partial charge in [-0.1, -0.05) is 30.3 Å². The van der Waals surface area contributed by atoms with Crippen LogP contribution in [-0.2, 0) is 20.9 Å². The summed E-state index contributed by atoms with van der Waals surface area (Å²) in [6.45, 7) is -0.694. The molecule has 0 bridgehead atoms. The van der Waals surface area contributed by atoms with Gasteiger partial charge in [-0.15, -0.1) is 0 Å². The summed E-state index contributed by atoms with van der Waals surface area (Å²) in [6, 6.07) is 6.63. The Morgan fingerprint density at radius 3 is 2.38 bits per heavy atom. The Balaban J connectivity index is 2.55. The number of carboxylic acid groups (broad SMARTS) is 1. The molecule has 24 heavy (non-hydrogen) atoms. The van der Waals surface area contributed by atoms with Gasteiger partial charge in [0.15, 0.2) is 0 Å². The van der Waals surface area contributed by atoms with Crippen molar-refractivity contribution in [2.24, 2.45) is 0 Å². The molecule has 1 aromatic rings. The highest BCUT2D eigenvalue weighted by Gasteiger charge is 2.26. The van der Waals surface area contributed by atoms with E-state index in [0.717, 1.165) is 5.56 Å². The lowest BCUT2D eigenvalue weighted by Crippen LogP contribution is -2.53. The van der Waals surface area contributed by atoms with Crippen LogP contribution in [0.3, 0.4) is 0 Å². The summed E-state index contributed by atoms with van der Waals surface area (Å²) >= 11 is 1.30. The van der Waals surface area contributed by atoms with Crippen LogP contribution in [0.25, 0.3) is 0 Å². The molecular formula is C15H20N2O6S. The fourth-order valence-electron chi connectivity index (χ4n) is 1.71. The molecule has 132 valence electrons. The number of hydrogen-bond donors (Lipinski definition) is 4. The number of aliphatic carboxylic acids is 1. The quantitative estimate of drug-likeness (QED) is 0.498. The number of amides is 2. The van der Waals surface area contributed by atoms with Crippen LogP contribution in [0.4, 0.5) is 4.79 Å². The Kier molecular flexibility index (Phi) is 8.66. The van der Waals surface area contributed by atoms with Gasteiger partial charge in [-0.25, -0.2) is 9.59 Å². The maximum atomic E-state index is 12.0. The lowest BCUT2D eigenvalue weighted by atomic mass is 10.2. The van der Waals surface area contributed by atoms with Crippen molar-refractivity contribution in [1.29, 1.82) is 0 Å². The molecule has 2 atom stereocenters. The molecule has 0 radical (unpaired) electrons. The SMILES string of the molecule is CSCC(NC(=O)OCc1ccccc1)C(=O)NC(CO)C(=O)O. The standard InChI is InChI=1S/C15H20N2O6S/c1-24-9-12(13(19)16-11(7-18)14(20)21)17-15(22)23-8-10-5-3-2-4-6-10/h2-6,11-12,18H,7-9H2,1H3,(H,16,19)(H,17,22)(H,20,21). The van der Waals surface area contributed by atoms with Crippen LogP contribution in [-0.4, -0.2) is 58.9 Å². The van der Waals surface area contributed by atoms with E-state index in [1.165, 1.54) is 11.8 Å². The molecule has 0 fully saturated rings. The number of ether oxygens (including phenoxy) is 1. The monoisotopic (exact) mass is 356 g/mol. The minimum absolute atomic E-state index is 0.0503. The molecular weight excluding hydrogens is 336 g/mol. The third-order valence-electron chi connectivity index (χ3n) is 2.95. The second-order valence-electron chi connectivity index (χ2n) is 4.80. The summed E-state index contributed by atoms with van der Waals surface area (Å²) in [6.07, 6.45) is 0.946. The number of carbonyl (C=O) groups is 3. The molecule has 0 saturated heterocycles. The van der Waals surface area contributed by atoms with Gasteiger partial charge in [0.05, 0.1) is 6.61 Å². The van der Waals surface area contributed by atoms with Crippen LogP contribution in [0.1, 0.15) is 5.56 Å². The van der Waals surface area contributed by atoms with Gasteiger partial charge < -0.3 is 25.6 Å². The summed E-state index contributed by atoms with van der Waals surface area (Å²) in [5.41, 5.74) is 0.796. The smallest absolute Gasteiger partial charge is 0.408 e. The van der Waals surface area contributed by atoms with Crippen molar-refractivity contribution in [2.75, 3.05) is 18.6 Å². The average molecular weight is 356 g/mol. The van der Waals surface area contributed by atoms with Crippen LogP contribution in [0.2, 0.25) is 0 Å². The van der Waals surface area contributed by atoms with Gasteiger partial charge in [-0.2, -0.15) is 11.8 Å². The first-order valence-electron chi connectivity index (χ1n) is 7.08. The first kappa shape index (κ1) is 19.8. The van der Waals surface area contributed by atoms with E-state index in [-0.39, 0.29) is 12.4 Å². The zero-order valence-corrected chi connectivity index (χ0v) is 13.9. The first-order chi connectivity index (χ1) is 11.5. The Hall–Kier alpha value is -2.26. The van der Waals surface area contributed by atoms with Crippen molar-refractivity contribution in [3.05, 3.63) is 35.9 Å². The normalized spacial score (nSPS) is 12.8. The topological polar surface area (TPSA) is 125 Å². The molecule has 0 spiro atoms. The third kappa shape index (κ3) is 6.88. The van der Waals surface area contributed by atoms with Gasteiger partial charge in [-0.3, -0.25) is 4.79 Å². The molecule has 1 rings (SSSR count). The second-order valence-corrected chi connectivity index (χ2v) is 5.71. The van der Waals surface area contributed by atoms with E-state index in [2.05, 4.69) is 10.6 Å². The van der Waals surface area contributed by atoms with Gasteiger partial charge in [0.2, 0.25) is 5.91 Å². The summed E-state index contributed by atoms with van der Waals surface area (Å²) in [5, 5.41) is 22.3. The van der Waals surface area contributed by atoms with E-state index < -0.39 is 36.7 Å². The van der Waals surface area contributed by atoms with Crippen LogP contribution < -0.4 is 10.6 Å². The molecule has 4 N–H and O–H groups in total. The number of aliphatic hydroxyl groups is 1. The molecule has 0 heterocycles. The average Bonchev–Trinajstić information content (AvgIpc) is 2.57. The van der Waals surface area contributed by atoms with E-state index >= 15 is 0 Å². The van der Waals surface area contributed by atoms with Gasteiger partial charge in [-0.05, 0) is 11.8 Å². The number of rotatable bonds is 9. The predicted molar refractivity (Wildman–Crippen MR) is 88.6 cm³/mol. The molecule has 0 aliphatic carbocycles. The Bertz CT molecular complexity index is 554. The molecule has 0 aliphatic heterocycles. The second kappa shape index (κ2) is 10.5. The van der Waals surface area contributed by atoms with Gasteiger partial charge in [0, 0.05) is 5.75 Å². The van der Waals surface area contributed by atoms with Crippen molar-refractivity contribution < 1.29 is 29.3 Å². The summed E-state index contributed by atoms with van der Waals surface area (Å²) < 4.78 is 5.03. The Morgan fingerprint density at radius 1 is 1.17 bits per heavy atom. The highest BCUT2D eigenvalue weighted by atomic mass is 32.2. The number of carbonyl (C=O) groups excluding carboxylic acids is 2. The molecule has 0 aliphatic rings. The lowest BCUT2D eigenvalue weighted by molar-refractivity contribution is -0.143. The Labute approximate surface area is 143 Å². The maximum absolute atomic E-state index is 12.0. The summed E-state index contributed by atoms with van der Waals surface area (Å²) in [4.78, 5) is 34.7. The summed E-state index contributed by atoms with van der Waals surface area (Å²) in [7, 11) is 0. The first-order valence-corrected chi connectivity index (χ1v) is 8.47. The Morgan fingerprint density at radius 2 is 1.83 bits per heavy atom. The van der Waals surface area contributed by atoms with Crippen LogP contribution in [0.15, 0.2) is 30.3 Å². The van der Waals surface area contributed by atoms with Gasteiger partial charge in [0.25, 0.3) is 0 Å². The van der Waals surface area contributed by atoms with E-state index in [1.807, 2.05) is 18.2 Å². The molecule has 9 heteroatoms. The number of thioether (sulfide) groups is 1. The van der Waals surface area contributed by atoms with Crippen LogP contribution in [0, 0.1) is 0 Å². The molecule has 2 unspecified atom stereocenters. The fraction of sp³-hybridized carbons (Fsp3) is 0.400. The molecule has 1 aromatic carbocycles. The zero-order valence-electron chi connectivity index (χ0n) is 13.1. The van der Waals surface area contributed by atoms with Crippen molar-refractivity contribution in [2.45, 2.75) is 18.7 Å². The zero-order chi connectivity index (χ0) is 17.9.